The van der Waals surface area contributed by atoms with Gasteiger partial charge in [-0.05, 0) is 49.6 Å². The van der Waals surface area contributed by atoms with E-state index in [1.165, 1.54) is 11.9 Å². The zero-order valence-corrected chi connectivity index (χ0v) is 19.9. The van der Waals surface area contributed by atoms with Gasteiger partial charge in [0, 0.05) is 18.6 Å². The van der Waals surface area contributed by atoms with Crippen molar-refractivity contribution in [1.29, 1.82) is 0 Å². The van der Waals surface area contributed by atoms with Crippen molar-refractivity contribution in [3.05, 3.63) is 64.2 Å². The molecule has 2 rings (SSSR count). The molecule has 0 saturated heterocycles. The summed E-state index contributed by atoms with van der Waals surface area (Å²) in [6.45, 7) is 4.91. The summed E-state index contributed by atoms with van der Waals surface area (Å²) in [5.41, 5.74) is 2.76. The molecule has 2 aromatic rings. The molecule has 1 atom stereocenters. The van der Waals surface area contributed by atoms with Crippen molar-refractivity contribution >= 4 is 39.1 Å². The SMILES string of the molecule is CNC(=O)[C@H](C)N(Cc1ccccc1Cl)C(=O)CN(c1cccc(C)c1C)S(C)(=O)=O. The topological polar surface area (TPSA) is 86.8 Å². The van der Waals surface area contributed by atoms with Crippen LogP contribution < -0.4 is 9.62 Å². The number of aryl methyl sites for hydroxylation is 1. The van der Waals surface area contributed by atoms with E-state index in [2.05, 4.69) is 5.32 Å². The lowest BCUT2D eigenvalue weighted by atomic mass is 10.1. The van der Waals surface area contributed by atoms with Gasteiger partial charge in [0.05, 0.1) is 11.9 Å². The highest BCUT2D eigenvalue weighted by atomic mass is 35.5. The number of halogens is 1. The van der Waals surface area contributed by atoms with Crippen molar-refractivity contribution in [3.8, 4) is 0 Å². The van der Waals surface area contributed by atoms with Crippen LogP contribution in [0.25, 0.3) is 0 Å². The molecule has 2 amide bonds. The summed E-state index contributed by atoms with van der Waals surface area (Å²) >= 11 is 6.26. The van der Waals surface area contributed by atoms with Gasteiger partial charge in [-0.1, -0.05) is 41.9 Å². The molecule has 0 saturated carbocycles. The Kier molecular flexibility index (Phi) is 8.08. The summed E-state index contributed by atoms with van der Waals surface area (Å²) in [4.78, 5) is 27.0. The van der Waals surface area contributed by atoms with Gasteiger partial charge in [-0.15, -0.1) is 0 Å². The molecule has 168 valence electrons. The number of rotatable bonds is 8. The Labute approximate surface area is 189 Å². The molecule has 0 aliphatic heterocycles. The van der Waals surface area contributed by atoms with Gasteiger partial charge in [-0.25, -0.2) is 8.42 Å². The Balaban J connectivity index is 2.45. The van der Waals surface area contributed by atoms with Crippen LogP contribution in [-0.4, -0.2) is 51.0 Å². The van der Waals surface area contributed by atoms with Gasteiger partial charge >= 0.3 is 0 Å². The van der Waals surface area contributed by atoms with Gasteiger partial charge in [-0.3, -0.25) is 13.9 Å². The fraction of sp³-hybridized carbons (Fsp3) is 0.364. The number of likely N-dealkylation sites (N-methyl/N-ethyl adjacent to an activating group) is 1. The number of nitrogens with zero attached hydrogens (tertiary/aromatic N) is 2. The zero-order chi connectivity index (χ0) is 23.3. The minimum atomic E-state index is -3.76. The van der Waals surface area contributed by atoms with Crippen LogP contribution in [0.2, 0.25) is 5.02 Å². The molecular formula is C22H28ClN3O4S. The molecule has 0 spiro atoms. The molecular weight excluding hydrogens is 438 g/mol. The molecule has 0 aliphatic carbocycles. The fourth-order valence-corrected chi connectivity index (χ4v) is 4.30. The van der Waals surface area contributed by atoms with E-state index >= 15 is 0 Å². The fourth-order valence-electron chi connectivity index (χ4n) is 3.20. The molecule has 0 fully saturated rings. The first-order chi connectivity index (χ1) is 14.5. The maximum Gasteiger partial charge on any atom is 0.244 e. The van der Waals surface area contributed by atoms with E-state index in [4.69, 9.17) is 11.6 Å². The van der Waals surface area contributed by atoms with Crippen molar-refractivity contribution in [3.63, 3.8) is 0 Å². The van der Waals surface area contributed by atoms with E-state index in [0.717, 1.165) is 21.7 Å². The second kappa shape index (κ2) is 10.2. The molecule has 9 heteroatoms. The first-order valence-electron chi connectivity index (χ1n) is 9.75. The highest BCUT2D eigenvalue weighted by molar-refractivity contribution is 7.92. The lowest BCUT2D eigenvalue weighted by molar-refractivity contribution is -0.139. The van der Waals surface area contributed by atoms with Crippen LogP contribution in [-0.2, 0) is 26.2 Å². The number of benzene rings is 2. The maximum atomic E-state index is 13.3. The molecule has 1 N–H and O–H groups in total. The van der Waals surface area contributed by atoms with Crippen LogP contribution in [0.5, 0.6) is 0 Å². The number of anilines is 1. The smallest absolute Gasteiger partial charge is 0.244 e. The highest BCUT2D eigenvalue weighted by Crippen LogP contribution is 2.26. The third kappa shape index (κ3) is 5.98. The second-order valence-corrected chi connectivity index (χ2v) is 9.71. The summed E-state index contributed by atoms with van der Waals surface area (Å²) in [5.74, 6) is -0.875. The number of hydrogen-bond donors (Lipinski definition) is 1. The van der Waals surface area contributed by atoms with Gasteiger partial charge in [0.2, 0.25) is 21.8 Å². The van der Waals surface area contributed by atoms with Crippen LogP contribution in [0.4, 0.5) is 5.69 Å². The van der Waals surface area contributed by atoms with Gasteiger partial charge in [0.25, 0.3) is 0 Å². The average Bonchev–Trinajstić information content (AvgIpc) is 2.71. The Morgan fingerprint density at radius 3 is 2.32 bits per heavy atom. The third-order valence-corrected chi connectivity index (χ3v) is 6.73. The monoisotopic (exact) mass is 465 g/mol. The van der Waals surface area contributed by atoms with Crippen LogP contribution in [0.1, 0.15) is 23.6 Å². The molecule has 0 heterocycles. The zero-order valence-electron chi connectivity index (χ0n) is 18.3. The largest absolute Gasteiger partial charge is 0.357 e. The number of sulfonamides is 1. The van der Waals surface area contributed by atoms with Crippen molar-refractivity contribution in [2.45, 2.75) is 33.4 Å². The average molecular weight is 466 g/mol. The molecule has 0 unspecified atom stereocenters. The number of hydrogen-bond acceptors (Lipinski definition) is 4. The van der Waals surface area contributed by atoms with Crippen LogP contribution >= 0.6 is 11.6 Å². The van der Waals surface area contributed by atoms with E-state index in [1.807, 2.05) is 19.9 Å². The van der Waals surface area contributed by atoms with Crippen molar-refractivity contribution in [1.82, 2.24) is 10.2 Å². The summed E-state index contributed by atoms with van der Waals surface area (Å²) in [6.07, 6.45) is 1.06. The van der Waals surface area contributed by atoms with Gasteiger partial charge < -0.3 is 10.2 Å². The molecule has 7 nitrogen and oxygen atoms in total. The normalized spacial score (nSPS) is 12.2. The molecule has 0 radical (unpaired) electrons. The van der Waals surface area contributed by atoms with Crippen LogP contribution in [0.15, 0.2) is 42.5 Å². The number of nitrogens with one attached hydrogen (secondary N) is 1. The Bertz CT molecular complexity index is 1070. The minimum absolute atomic E-state index is 0.0670. The van der Waals surface area contributed by atoms with Crippen LogP contribution in [0, 0.1) is 13.8 Å². The third-order valence-electron chi connectivity index (χ3n) is 5.24. The Morgan fingerprint density at radius 2 is 1.74 bits per heavy atom. The van der Waals surface area contributed by atoms with E-state index in [1.54, 1.807) is 43.3 Å². The molecule has 0 bridgehead atoms. The summed E-state index contributed by atoms with van der Waals surface area (Å²) in [6, 6.07) is 11.5. The molecule has 0 aromatic heterocycles. The van der Waals surface area contributed by atoms with Crippen molar-refractivity contribution in [2.75, 3.05) is 24.2 Å². The lowest BCUT2D eigenvalue weighted by Crippen LogP contribution is -2.50. The first-order valence-corrected chi connectivity index (χ1v) is 12.0. The summed E-state index contributed by atoms with van der Waals surface area (Å²) < 4.78 is 26.2. The highest BCUT2D eigenvalue weighted by Gasteiger charge is 2.30. The second-order valence-electron chi connectivity index (χ2n) is 7.39. The summed E-state index contributed by atoms with van der Waals surface area (Å²) in [5, 5.41) is 2.99. The lowest BCUT2D eigenvalue weighted by Gasteiger charge is -2.32. The predicted octanol–water partition coefficient (Wildman–Crippen LogP) is 2.89. The summed E-state index contributed by atoms with van der Waals surface area (Å²) in [7, 11) is -2.28. The minimum Gasteiger partial charge on any atom is -0.357 e. The van der Waals surface area contributed by atoms with Gasteiger partial charge in [0.15, 0.2) is 0 Å². The van der Waals surface area contributed by atoms with E-state index in [9.17, 15) is 18.0 Å². The van der Waals surface area contributed by atoms with Gasteiger partial charge in [-0.2, -0.15) is 0 Å². The molecule has 2 aromatic carbocycles. The standard InChI is InChI=1S/C22H28ClN3O4S/c1-15-9-8-12-20(16(15)2)26(31(5,29)30)14-21(27)25(17(3)22(28)24-4)13-18-10-6-7-11-19(18)23/h6-12,17H,13-14H2,1-5H3,(H,24,28)/t17-/m0/s1. The number of carbonyl (C=O) groups excluding carboxylic acids is 2. The Morgan fingerprint density at radius 1 is 1.10 bits per heavy atom. The Hall–Kier alpha value is -2.58. The van der Waals surface area contributed by atoms with E-state index in [-0.39, 0.29) is 12.5 Å². The molecule has 0 aliphatic rings. The number of carbonyl (C=O) groups is 2. The maximum absolute atomic E-state index is 13.3. The van der Waals surface area contributed by atoms with Crippen molar-refractivity contribution < 1.29 is 18.0 Å². The van der Waals surface area contributed by atoms with Gasteiger partial charge in [0.1, 0.15) is 12.6 Å². The van der Waals surface area contributed by atoms with Crippen LogP contribution in [0.3, 0.4) is 0 Å². The van der Waals surface area contributed by atoms with Crippen molar-refractivity contribution in [2.24, 2.45) is 0 Å². The van der Waals surface area contributed by atoms with E-state index < -0.39 is 28.5 Å². The quantitative estimate of drug-likeness (QED) is 0.649. The van der Waals surface area contributed by atoms with E-state index in [0.29, 0.717) is 16.3 Å². The molecule has 31 heavy (non-hydrogen) atoms. The first kappa shape index (κ1) is 24.7. The predicted molar refractivity (Wildman–Crippen MR) is 124 cm³/mol. The number of amides is 2.